The lowest BCUT2D eigenvalue weighted by Crippen LogP contribution is -2.30. The van der Waals surface area contributed by atoms with E-state index in [0.29, 0.717) is 0 Å². The van der Waals surface area contributed by atoms with Gasteiger partial charge in [-0.15, -0.1) is 0 Å². The van der Waals surface area contributed by atoms with Gasteiger partial charge in [0.25, 0.3) is 0 Å². The highest BCUT2D eigenvalue weighted by Crippen LogP contribution is 2.18. The number of nitrogens with one attached hydrogen (secondary N) is 1. The SMILES string of the molecule is CN(CCNC1CC1)Cc1ccccc1Br. The fraction of sp³-hybridized carbons (Fsp3) is 0.538. The molecular weight excluding hydrogens is 264 g/mol. The average Bonchev–Trinajstić information content (AvgIpc) is 3.05. The zero-order valence-corrected chi connectivity index (χ0v) is 11.3. The van der Waals surface area contributed by atoms with Crippen LogP contribution in [-0.4, -0.2) is 31.1 Å². The molecule has 0 amide bonds. The van der Waals surface area contributed by atoms with Crippen LogP contribution < -0.4 is 5.32 Å². The Labute approximate surface area is 106 Å². The van der Waals surface area contributed by atoms with E-state index in [4.69, 9.17) is 0 Å². The second-order valence-corrected chi connectivity index (χ2v) is 5.41. The minimum atomic E-state index is 0.817. The van der Waals surface area contributed by atoms with Crippen LogP contribution in [0, 0.1) is 0 Å². The summed E-state index contributed by atoms with van der Waals surface area (Å²) in [7, 11) is 2.17. The molecule has 2 rings (SSSR count). The zero-order chi connectivity index (χ0) is 11.4. The summed E-state index contributed by atoms with van der Waals surface area (Å²) in [6.45, 7) is 3.22. The minimum Gasteiger partial charge on any atom is -0.313 e. The summed E-state index contributed by atoms with van der Waals surface area (Å²) >= 11 is 3.58. The van der Waals surface area contributed by atoms with Crippen molar-refractivity contribution in [2.75, 3.05) is 20.1 Å². The van der Waals surface area contributed by atoms with Gasteiger partial charge in [0.05, 0.1) is 0 Å². The molecule has 0 unspecified atom stereocenters. The van der Waals surface area contributed by atoms with E-state index in [1.807, 2.05) is 0 Å². The number of hydrogen-bond donors (Lipinski definition) is 1. The Morgan fingerprint density at radius 2 is 2.12 bits per heavy atom. The van der Waals surface area contributed by atoms with Gasteiger partial charge in [-0.05, 0) is 31.5 Å². The molecule has 0 radical (unpaired) electrons. The predicted molar refractivity (Wildman–Crippen MR) is 71.5 cm³/mol. The van der Waals surface area contributed by atoms with Crippen molar-refractivity contribution in [1.82, 2.24) is 10.2 Å². The highest BCUT2D eigenvalue weighted by atomic mass is 79.9. The first-order valence-corrected chi connectivity index (χ1v) is 6.70. The molecule has 1 aromatic rings. The lowest BCUT2D eigenvalue weighted by molar-refractivity contribution is 0.323. The van der Waals surface area contributed by atoms with E-state index in [1.54, 1.807) is 0 Å². The van der Waals surface area contributed by atoms with Gasteiger partial charge in [-0.2, -0.15) is 0 Å². The van der Waals surface area contributed by atoms with Crippen LogP contribution in [0.1, 0.15) is 18.4 Å². The van der Waals surface area contributed by atoms with Gasteiger partial charge >= 0.3 is 0 Å². The van der Waals surface area contributed by atoms with Crippen molar-refractivity contribution < 1.29 is 0 Å². The molecule has 1 fully saturated rings. The Bertz CT molecular complexity index is 336. The first-order chi connectivity index (χ1) is 7.75. The fourth-order valence-corrected chi connectivity index (χ4v) is 2.15. The molecule has 0 bridgehead atoms. The minimum absolute atomic E-state index is 0.817. The number of benzene rings is 1. The number of nitrogens with zero attached hydrogens (tertiary/aromatic N) is 1. The number of rotatable bonds is 6. The maximum Gasteiger partial charge on any atom is 0.0242 e. The second kappa shape index (κ2) is 5.80. The molecule has 1 aliphatic rings. The van der Waals surface area contributed by atoms with Gasteiger partial charge < -0.3 is 10.2 Å². The molecule has 2 nitrogen and oxygen atoms in total. The van der Waals surface area contributed by atoms with Crippen molar-refractivity contribution in [3.63, 3.8) is 0 Å². The van der Waals surface area contributed by atoms with Crippen LogP contribution in [0.5, 0.6) is 0 Å². The lowest BCUT2D eigenvalue weighted by Gasteiger charge is -2.17. The molecule has 88 valence electrons. The van der Waals surface area contributed by atoms with Crippen LogP contribution in [0.15, 0.2) is 28.7 Å². The van der Waals surface area contributed by atoms with Crippen LogP contribution in [-0.2, 0) is 6.54 Å². The Morgan fingerprint density at radius 3 is 2.81 bits per heavy atom. The van der Waals surface area contributed by atoms with Gasteiger partial charge in [0, 0.05) is 30.1 Å². The molecule has 1 saturated carbocycles. The standard InChI is InChI=1S/C13H19BrN2/c1-16(9-8-15-12-6-7-12)10-11-4-2-3-5-13(11)14/h2-5,12,15H,6-10H2,1H3. The Kier molecular flexibility index (Phi) is 4.38. The second-order valence-electron chi connectivity index (χ2n) is 4.56. The maximum atomic E-state index is 3.58. The van der Waals surface area contributed by atoms with Crippen LogP contribution in [0.2, 0.25) is 0 Å². The molecular formula is C13H19BrN2. The van der Waals surface area contributed by atoms with Crippen molar-refractivity contribution in [3.05, 3.63) is 34.3 Å². The molecule has 3 heteroatoms. The Morgan fingerprint density at radius 1 is 1.38 bits per heavy atom. The van der Waals surface area contributed by atoms with Gasteiger partial charge in [0.15, 0.2) is 0 Å². The third-order valence-corrected chi connectivity index (χ3v) is 3.68. The number of halogens is 1. The monoisotopic (exact) mass is 282 g/mol. The third-order valence-electron chi connectivity index (χ3n) is 2.90. The van der Waals surface area contributed by atoms with Crippen molar-refractivity contribution >= 4 is 15.9 Å². The highest BCUT2D eigenvalue weighted by molar-refractivity contribution is 9.10. The molecule has 1 aromatic carbocycles. The van der Waals surface area contributed by atoms with Crippen LogP contribution in [0.25, 0.3) is 0 Å². The largest absolute Gasteiger partial charge is 0.313 e. The van der Waals surface area contributed by atoms with Crippen molar-refractivity contribution in [2.24, 2.45) is 0 Å². The van der Waals surface area contributed by atoms with Crippen LogP contribution in [0.3, 0.4) is 0 Å². The summed E-state index contributed by atoms with van der Waals surface area (Å²) in [6.07, 6.45) is 2.74. The van der Waals surface area contributed by atoms with Crippen molar-refractivity contribution in [2.45, 2.75) is 25.4 Å². The van der Waals surface area contributed by atoms with Gasteiger partial charge in [-0.1, -0.05) is 34.1 Å². The molecule has 1 aliphatic carbocycles. The molecule has 16 heavy (non-hydrogen) atoms. The molecule has 0 aromatic heterocycles. The summed E-state index contributed by atoms with van der Waals surface area (Å²) in [6, 6.07) is 9.25. The van der Waals surface area contributed by atoms with Gasteiger partial charge in [-0.25, -0.2) is 0 Å². The molecule has 0 spiro atoms. The Balaban J connectivity index is 1.73. The number of hydrogen-bond acceptors (Lipinski definition) is 2. The van der Waals surface area contributed by atoms with E-state index in [-0.39, 0.29) is 0 Å². The van der Waals surface area contributed by atoms with Crippen molar-refractivity contribution in [1.29, 1.82) is 0 Å². The van der Waals surface area contributed by atoms with Crippen LogP contribution >= 0.6 is 15.9 Å². The van der Waals surface area contributed by atoms with E-state index in [1.165, 1.54) is 22.9 Å². The van der Waals surface area contributed by atoms with Gasteiger partial charge in [0.1, 0.15) is 0 Å². The summed E-state index contributed by atoms with van der Waals surface area (Å²) in [4.78, 5) is 2.36. The number of likely N-dealkylation sites (N-methyl/N-ethyl adjacent to an activating group) is 1. The summed E-state index contributed by atoms with van der Waals surface area (Å²) in [5.41, 5.74) is 1.36. The first kappa shape index (κ1) is 12.1. The summed E-state index contributed by atoms with van der Waals surface area (Å²) < 4.78 is 1.21. The van der Waals surface area contributed by atoms with E-state index < -0.39 is 0 Å². The molecule has 0 heterocycles. The first-order valence-electron chi connectivity index (χ1n) is 5.91. The predicted octanol–water partition coefficient (Wildman–Crippen LogP) is 2.63. The van der Waals surface area contributed by atoms with E-state index >= 15 is 0 Å². The van der Waals surface area contributed by atoms with E-state index in [9.17, 15) is 0 Å². The smallest absolute Gasteiger partial charge is 0.0242 e. The summed E-state index contributed by atoms with van der Waals surface area (Å²) in [5.74, 6) is 0. The topological polar surface area (TPSA) is 15.3 Å². The highest BCUT2D eigenvalue weighted by Gasteiger charge is 2.19. The third kappa shape index (κ3) is 3.89. The normalized spacial score (nSPS) is 15.7. The maximum absolute atomic E-state index is 3.58. The molecule has 0 saturated heterocycles. The fourth-order valence-electron chi connectivity index (χ4n) is 1.74. The molecule has 0 aliphatic heterocycles. The Hall–Kier alpha value is -0.380. The quantitative estimate of drug-likeness (QED) is 0.863. The molecule has 0 atom stereocenters. The van der Waals surface area contributed by atoms with E-state index in [2.05, 4.69) is 57.5 Å². The summed E-state index contributed by atoms with van der Waals surface area (Å²) in [5, 5.41) is 3.53. The average molecular weight is 283 g/mol. The lowest BCUT2D eigenvalue weighted by atomic mass is 10.2. The van der Waals surface area contributed by atoms with Gasteiger partial charge in [0.2, 0.25) is 0 Å². The zero-order valence-electron chi connectivity index (χ0n) is 9.75. The molecule has 1 N–H and O–H groups in total. The van der Waals surface area contributed by atoms with Gasteiger partial charge in [-0.3, -0.25) is 0 Å². The van der Waals surface area contributed by atoms with E-state index in [0.717, 1.165) is 25.7 Å². The van der Waals surface area contributed by atoms with Crippen LogP contribution in [0.4, 0.5) is 0 Å². The van der Waals surface area contributed by atoms with Crippen molar-refractivity contribution in [3.8, 4) is 0 Å².